The number of hydrogen-bond acceptors (Lipinski definition) is 5. The van der Waals surface area contributed by atoms with Crippen LogP contribution in [0.15, 0.2) is 21.6 Å². The second-order valence-corrected chi connectivity index (χ2v) is 6.35. The van der Waals surface area contributed by atoms with E-state index in [1.807, 2.05) is 0 Å². The van der Waals surface area contributed by atoms with E-state index >= 15 is 0 Å². The molecule has 0 aliphatic rings. The predicted molar refractivity (Wildman–Crippen MR) is 60.7 cm³/mol. The molecule has 0 spiro atoms. The van der Waals surface area contributed by atoms with Crippen molar-refractivity contribution in [2.45, 2.75) is 11.6 Å². The first-order chi connectivity index (χ1) is 7.45. The second kappa shape index (κ2) is 5.58. The van der Waals surface area contributed by atoms with E-state index in [4.69, 9.17) is 10.2 Å². The first-order valence-corrected chi connectivity index (χ1v) is 7.75. The maximum Gasteiger partial charge on any atom is 0.273 e. The quantitative estimate of drug-likeness (QED) is 0.715. The summed E-state index contributed by atoms with van der Waals surface area (Å²) in [5.41, 5.74) is 5.30. The lowest BCUT2D eigenvalue weighted by Crippen LogP contribution is -2.27. The van der Waals surface area contributed by atoms with E-state index in [0.717, 1.165) is 0 Å². The summed E-state index contributed by atoms with van der Waals surface area (Å²) >= 11 is 0. The van der Waals surface area contributed by atoms with E-state index < -0.39 is 20.8 Å². The van der Waals surface area contributed by atoms with E-state index in [2.05, 4.69) is 4.72 Å². The van der Waals surface area contributed by atoms with Gasteiger partial charge in [0.05, 0.1) is 6.54 Å². The molecule has 1 heterocycles. The molecule has 0 saturated carbocycles. The van der Waals surface area contributed by atoms with Crippen molar-refractivity contribution in [1.82, 2.24) is 4.72 Å². The molecule has 0 fully saturated rings. The van der Waals surface area contributed by atoms with Gasteiger partial charge >= 0.3 is 0 Å². The molecule has 1 aromatic rings. The Labute approximate surface area is 96.7 Å². The largest absolute Gasteiger partial charge is 0.447 e. The summed E-state index contributed by atoms with van der Waals surface area (Å²) in [7, 11) is -4.68. The second-order valence-electron chi connectivity index (χ2n) is 3.10. The molecule has 0 amide bonds. The van der Waals surface area contributed by atoms with Gasteiger partial charge in [-0.2, -0.15) is 0 Å². The molecule has 16 heavy (non-hydrogen) atoms. The third kappa shape index (κ3) is 3.71. The van der Waals surface area contributed by atoms with Crippen molar-refractivity contribution >= 4 is 20.8 Å². The van der Waals surface area contributed by atoms with E-state index in [9.17, 15) is 12.6 Å². The first-order valence-electron chi connectivity index (χ1n) is 4.54. The molecular weight excluding hydrogens is 252 g/mol. The Hall–Kier alpha value is -0.700. The summed E-state index contributed by atoms with van der Waals surface area (Å²) in [6, 6.07) is 2.85. The van der Waals surface area contributed by atoms with Gasteiger partial charge in [-0.1, -0.05) is 0 Å². The number of hydrogen-bond donors (Lipinski definition) is 2. The van der Waals surface area contributed by atoms with Crippen LogP contribution in [0, 0.1) is 0 Å². The molecule has 1 atom stereocenters. The fraction of sp³-hybridized carbons (Fsp3) is 0.500. The standard InChI is InChI=1S/C8H14N2O4S2/c1-15(11)5-4-10-16(12,13)8-3-2-7(6-9)14-8/h2-3,10H,4-6,9H2,1H3. The van der Waals surface area contributed by atoms with Gasteiger partial charge in [-0.3, -0.25) is 4.21 Å². The minimum atomic E-state index is -3.65. The zero-order valence-corrected chi connectivity index (χ0v) is 10.4. The zero-order valence-electron chi connectivity index (χ0n) is 8.80. The molecule has 3 N–H and O–H groups in total. The minimum absolute atomic E-state index is 0.115. The zero-order chi connectivity index (χ0) is 12.2. The maximum atomic E-state index is 11.6. The van der Waals surface area contributed by atoms with E-state index in [1.165, 1.54) is 18.4 Å². The van der Waals surface area contributed by atoms with Gasteiger partial charge < -0.3 is 10.2 Å². The number of nitrogens with two attached hydrogens (primary N) is 1. The smallest absolute Gasteiger partial charge is 0.273 e. The molecule has 6 nitrogen and oxygen atoms in total. The third-order valence-corrected chi connectivity index (χ3v) is 3.90. The van der Waals surface area contributed by atoms with Gasteiger partial charge in [-0.15, -0.1) is 0 Å². The number of sulfonamides is 1. The summed E-state index contributed by atoms with van der Waals surface area (Å²) in [6.45, 7) is 0.262. The topological polar surface area (TPSA) is 102 Å². The first kappa shape index (κ1) is 13.4. The molecule has 1 unspecified atom stereocenters. The Balaban J connectivity index is 2.66. The summed E-state index contributed by atoms with van der Waals surface area (Å²) in [4.78, 5) is 0. The highest BCUT2D eigenvalue weighted by Crippen LogP contribution is 2.12. The van der Waals surface area contributed by atoms with Crippen LogP contribution >= 0.6 is 0 Å². The highest BCUT2D eigenvalue weighted by atomic mass is 32.2. The molecule has 92 valence electrons. The lowest BCUT2D eigenvalue weighted by atomic mass is 10.5. The molecule has 0 aromatic carbocycles. The van der Waals surface area contributed by atoms with Crippen molar-refractivity contribution in [3.8, 4) is 0 Å². The van der Waals surface area contributed by atoms with Crippen LogP contribution in [-0.2, 0) is 27.4 Å². The van der Waals surface area contributed by atoms with Crippen molar-refractivity contribution in [2.24, 2.45) is 5.73 Å². The van der Waals surface area contributed by atoms with Crippen LogP contribution in [0.3, 0.4) is 0 Å². The molecule has 0 aliphatic carbocycles. The number of nitrogens with one attached hydrogen (secondary N) is 1. The van der Waals surface area contributed by atoms with Crippen LogP contribution in [-0.4, -0.2) is 31.2 Å². The van der Waals surface area contributed by atoms with Gasteiger partial charge in [-0.25, -0.2) is 13.1 Å². The van der Waals surface area contributed by atoms with Crippen molar-refractivity contribution in [3.63, 3.8) is 0 Å². The average Bonchev–Trinajstić information content (AvgIpc) is 2.65. The predicted octanol–water partition coefficient (Wildman–Crippen LogP) is -0.605. The van der Waals surface area contributed by atoms with Crippen LogP contribution in [0.1, 0.15) is 5.76 Å². The SMILES string of the molecule is CS(=O)CCNS(=O)(=O)c1ccc(CN)o1. The lowest BCUT2D eigenvalue weighted by Gasteiger charge is -2.02. The van der Waals surface area contributed by atoms with Crippen LogP contribution in [0.4, 0.5) is 0 Å². The highest BCUT2D eigenvalue weighted by molar-refractivity contribution is 7.89. The summed E-state index contributed by atoms with van der Waals surface area (Å²) in [5, 5.41) is -0.171. The van der Waals surface area contributed by atoms with Crippen molar-refractivity contribution < 1.29 is 17.0 Å². The summed E-state index contributed by atoms with van der Waals surface area (Å²) < 4.78 is 41.2. The van der Waals surface area contributed by atoms with E-state index in [1.54, 1.807) is 0 Å². The Morgan fingerprint density at radius 2 is 2.19 bits per heavy atom. The molecule has 8 heteroatoms. The number of rotatable bonds is 6. The Bertz CT molecular complexity index is 466. The Kier molecular flexibility index (Phi) is 4.66. The van der Waals surface area contributed by atoms with Crippen LogP contribution in [0.2, 0.25) is 0 Å². The molecular formula is C8H14N2O4S2. The van der Waals surface area contributed by atoms with Gasteiger partial charge in [-0.05, 0) is 12.1 Å². The summed E-state index contributed by atoms with van der Waals surface area (Å²) in [6.07, 6.45) is 1.51. The van der Waals surface area contributed by atoms with Crippen LogP contribution in [0.25, 0.3) is 0 Å². The maximum absolute atomic E-state index is 11.6. The monoisotopic (exact) mass is 266 g/mol. The van der Waals surface area contributed by atoms with Crippen molar-refractivity contribution in [1.29, 1.82) is 0 Å². The highest BCUT2D eigenvalue weighted by Gasteiger charge is 2.17. The average molecular weight is 266 g/mol. The van der Waals surface area contributed by atoms with Gasteiger partial charge in [0.15, 0.2) is 0 Å². The van der Waals surface area contributed by atoms with Gasteiger partial charge in [0.2, 0.25) is 5.09 Å². The molecule has 1 rings (SSSR count). The van der Waals surface area contributed by atoms with Gasteiger partial charge in [0, 0.05) is 29.4 Å². The fourth-order valence-corrected chi connectivity index (χ4v) is 2.50. The normalized spacial score (nSPS) is 13.9. The third-order valence-electron chi connectivity index (χ3n) is 1.78. The van der Waals surface area contributed by atoms with Gasteiger partial charge in [0.25, 0.3) is 10.0 Å². The minimum Gasteiger partial charge on any atom is -0.447 e. The Morgan fingerprint density at radius 3 is 2.69 bits per heavy atom. The van der Waals surface area contributed by atoms with Gasteiger partial charge in [0.1, 0.15) is 5.76 Å². The van der Waals surface area contributed by atoms with E-state index in [0.29, 0.717) is 5.76 Å². The molecule has 0 saturated heterocycles. The molecule has 0 aliphatic heterocycles. The van der Waals surface area contributed by atoms with E-state index in [-0.39, 0.29) is 23.9 Å². The van der Waals surface area contributed by atoms with Crippen molar-refractivity contribution in [3.05, 3.63) is 17.9 Å². The summed E-state index contributed by atoms with van der Waals surface area (Å²) in [5.74, 6) is 0.670. The lowest BCUT2D eigenvalue weighted by molar-refractivity contribution is 0.413. The van der Waals surface area contributed by atoms with Crippen LogP contribution < -0.4 is 10.5 Å². The number of furan rings is 1. The fourth-order valence-electron chi connectivity index (χ4n) is 1.00. The molecule has 1 aromatic heterocycles. The Morgan fingerprint density at radius 1 is 1.50 bits per heavy atom. The van der Waals surface area contributed by atoms with Crippen LogP contribution in [0.5, 0.6) is 0 Å². The van der Waals surface area contributed by atoms with Crippen molar-refractivity contribution in [2.75, 3.05) is 18.6 Å². The molecule has 0 bridgehead atoms. The molecule has 0 radical (unpaired) electrons.